The number of aryl methyl sites for hydroxylation is 1. The van der Waals surface area contributed by atoms with Crippen molar-refractivity contribution in [2.45, 2.75) is 64.2 Å². The van der Waals surface area contributed by atoms with Crippen LogP contribution in [0.3, 0.4) is 0 Å². The lowest BCUT2D eigenvalue weighted by atomic mass is 9.95. The van der Waals surface area contributed by atoms with Gasteiger partial charge < -0.3 is 24.6 Å². The van der Waals surface area contributed by atoms with Crippen LogP contribution in [-0.4, -0.2) is 76.0 Å². The first-order chi connectivity index (χ1) is 20.5. The smallest absolute Gasteiger partial charge is 0.274 e. The summed E-state index contributed by atoms with van der Waals surface area (Å²) in [5.41, 5.74) is 4.31. The Hall–Kier alpha value is -4.18. The highest BCUT2D eigenvalue weighted by atomic mass is 16.5. The normalized spacial score (nSPS) is 21.5. The number of hydrogen-bond donors (Lipinski definition) is 2. The van der Waals surface area contributed by atoms with E-state index in [9.17, 15) is 14.4 Å². The Balaban J connectivity index is 1.24. The van der Waals surface area contributed by atoms with Crippen LogP contribution in [0.5, 0.6) is 11.5 Å². The molecule has 2 aromatic carbocycles. The molecule has 2 atom stereocenters. The van der Waals surface area contributed by atoms with E-state index in [1.807, 2.05) is 55.5 Å². The first-order valence-corrected chi connectivity index (χ1v) is 14.9. The van der Waals surface area contributed by atoms with Crippen molar-refractivity contribution in [2.24, 2.45) is 0 Å². The van der Waals surface area contributed by atoms with Gasteiger partial charge in [-0.05, 0) is 74.4 Å². The van der Waals surface area contributed by atoms with E-state index >= 15 is 0 Å². The molecule has 2 N–H and O–H groups in total. The number of nitrogens with zero attached hydrogens (tertiary/aromatic N) is 3. The minimum Gasteiger partial charge on any atom is -0.457 e. The van der Waals surface area contributed by atoms with Gasteiger partial charge in [-0.25, -0.2) is 0 Å². The Labute approximate surface area is 245 Å². The van der Waals surface area contributed by atoms with Gasteiger partial charge in [-0.15, -0.1) is 0 Å². The number of fused-ring (bicyclic) bond motifs is 6. The van der Waals surface area contributed by atoms with Gasteiger partial charge in [0.2, 0.25) is 11.8 Å². The topological polar surface area (TPSA) is 117 Å². The van der Waals surface area contributed by atoms with E-state index in [0.29, 0.717) is 49.9 Å². The SMILES string of the molecule is CCN1CC(=O)N[C@H]2CN(C(=O)c3n[nH]c4c3CCCC4)CC[C@@H]2OCc2cccc(c2)Oc2cccc(c2)CC1=O. The molecule has 3 amide bonds. The van der Waals surface area contributed by atoms with Crippen molar-refractivity contribution in [3.05, 3.63) is 76.6 Å². The van der Waals surface area contributed by atoms with E-state index in [1.165, 1.54) is 0 Å². The van der Waals surface area contributed by atoms with Gasteiger partial charge in [0.05, 0.1) is 31.7 Å². The molecule has 1 aromatic heterocycles. The molecule has 220 valence electrons. The summed E-state index contributed by atoms with van der Waals surface area (Å²) in [4.78, 5) is 43.4. The molecule has 6 rings (SSSR count). The van der Waals surface area contributed by atoms with Crippen LogP contribution < -0.4 is 10.1 Å². The van der Waals surface area contributed by atoms with E-state index in [2.05, 4.69) is 15.5 Å². The molecule has 0 saturated carbocycles. The number of likely N-dealkylation sites (tertiary alicyclic amines) is 1. The number of aromatic amines is 1. The largest absolute Gasteiger partial charge is 0.457 e. The van der Waals surface area contributed by atoms with Crippen molar-refractivity contribution >= 4 is 17.7 Å². The number of ether oxygens (including phenoxy) is 2. The second kappa shape index (κ2) is 12.4. The molecule has 3 heterocycles. The fraction of sp³-hybridized carbons (Fsp3) is 0.438. The van der Waals surface area contributed by atoms with Gasteiger partial charge in [0.25, 0.3) is 5.91 Å². The minimum atomic E-state index is -0.441. The number of likely N-dealkylation sites (N-methyl/N-ethyl adjacent to an activating group) is 1. The lowest BCUT2D eigenvalue weighted by Crippen LogP contribution is -2.58. The summed E-state index contributed by atoms with van der Waals surface area (Å²) >= 11 is 0. The molecule has 4 bridgehead atoms. The molecule has 10 nitrogen and oxygen atoms in total. The van der Waals surface area contributed by atoms with Gasteiger partial charge in [0.15, 0.2) is 5.69 Å². The lowest BCUT2D eigenvalue weighted by Gasteiger charge is -2.39. The number of carbonyl (C=O) groups is 3. The molecule has 0 unspecified atom stereocenters. The maximum atomic E-state index is 13.6. The molecular formula is C32H37N5O5. The Kier molecular flexibility index (Phi) is 8.23. The maximum absolute atomic E-state index is 13.6. The predicted octanol–water partition coefficient (Wildman–Crippen LogP) is 3.40. The van der Waals surface area contributed by atoms with Crippen LogP contribution in [0.15, 0.2) is 48.5 Å². The van der Waals surface area contributed by atoms with Crippen LogP contribution in [0.25, 0.3) is 0 Å². The van der Waals surface area contributed by atoms with Gasteiger partial charge in [-0.3, -0.25) is 19.5 Å². The first-order valence-electron chi connectivity index (χ1n) is 14.9. The van der Waals surface area contributed by atoms with Gasteiger partial charge in [0, 0.05) is 30.9 Å². The number of rotatable bonds is 2. The zero-order valence-electron chi connectivity index (χ0n) is 23.9. The molecule has 2 aliphatic heterocycles. The third kappa shape index (κ3) is 6.18. The van der Waals surface area contributed by atoms with Crippen molar-refractivity contribution in [1.82, 2.24) is 25.3 Å². The first kappa shape index (κ1) is 28.0. The van der Waals surface area contributed by atoms with Crippen LogP contribution in [-0.2, 0) is 40.2 Å². The average molecular weight is 572 g/mol. The molecule has 0 radical (unpaired) electrons. The summed E-state index contributed by atoms with van der Waals surface area (Å²) in [5, 5.41) is 10.5. The Morgan fingerprint density at radius 3 is 2.62 bits per heavy atom. The Morgan fingerprint density at radius 1 is 1.05 bits per heavy atom. The van der Waals surface area contributed by atoms with Gasteiger partial charge in [-0.1, -0.05) is 24.3 Å². The average Bonchev–Trinajstić information content (AvgIpc) is 3.43. The molecule has 1 aliphatic carbocycles. The van der Waals surface area contributed by atoms with Gasteiger partial charge >= 0.3 is 0 Å². The van der Waals surface area contributed by atoms with E-state index in [0.717, 1.165) is 48.1 Å². The van der Waals surface area contributed by atoms with Crippen molar-refractivity contribution in [3.63, 3.8) is 0 Å². The highest BCUT2D eigenvalue weighted by Crippen LogP contribution is 2.27. The number of H-pyrrole nitrogens is 1. The van der Waals surface area contributed by atoms with Crippen molar-refractivity contribution in [3.8, 4) is 11.5 Å². The predicted molar refractivity (Wildman–Crippen MR) is 155 cm³/mol. The zero-order valence-corrected chi connectivity index (χ0v) is 23.9. The van der Waals surface area contributed by atoms with Crippen molar-refractivity contribution < 1.29 is 23.9 Å². The third-order valence-electron chi connectivity index (χ3n) is 8.36. The van der Waals surface area contributed by atoms with Crippen LogP contribution in [0.2, 0.25) is 0 Å². The summed E-state index contributed by atoms with van der Waals surface area (Å²) in [7, 11) is 0. The highest BCUT2D eigenvalue weighted by molar-refractivity contribution is 5.94. The second-order valence-electron chi connectivity index (χ2n) is 11.3. The van der Waals surface area contributed by atoms with Crippen molar-refractivity contribution in [1.29, 1.82) is 0 Å². The highest BCUT2D eigenvalue weighted by Gasteiger charge is 2.36. The zero-order chi connectivity index (χ0) is 29.1. The van der Waals surface area contributed by atoms with E-state index in [-0.39, 0.29) is 36.8 Å². The molecule has 10 heteroatoms. The monoisotopic (exact) mass is 571 g/mol. The minimum absolute atomic E-state index is 0.0731. The van der Waals surface area contributed by atoms with Crippen LogP contribution in [0, 0.1) is 0 Å². The fourth-order valence-corrected chi connectivity index (χ4v) is 6.11. The standard InChI is InChI=1S/C32H37N5O5/c1-2-36-19-29(38)33-27-18-37(32(40)31-25-11-3-4-12-26(25)34-35-31)14-13-28(27)41-20-22-8-6-10-24(16-22)42-23-9-5-7-21(15-23)17-30(36)39/h5-10,15-16,27-28H,2-4,11-14,17-20H2,1H3,(H,33,38)(H,34,35)/t27-,28-/m0/s1. The number of benzene rings is 2. The van der Waals surface area contributed by atoms with E-state index in [1.54, 1.807) is 9.80 Å². The number of aromatic nitrogens is 2. The summed E-state index contributed by atoms with van der Waals surface area (Å²) in [6, 6.07) is 14.7. The Morgan fingerprint density at radius 2 is 1.81 bits per heavy atom. The van der Waals surface area contributed by atoms with E-state index < -0.39 is 6.04 Å². The molecule has 3 aromatic rings. The summed E-state index contributed by atoms with van der Waals surface area (Å²) in [6.45, 7) is 3.30. The summed E-state index contributed by atoms with van der Waals surface area (Å²) in [5.74, 6) is 0.763. The van der Waals surface area contributed by atoms with Crippen LogP contribution >= 0.6 is 0 Å². The summed E-state index contributed by atoms with van der Waals surface area (Å²) < 4.78 is 12.5. The summed E-state index contributed by atoms with van der Waals surface area (Å²) in [6.07, 6.45) is 4.30. The molecule has 1 saturated heterocycles. The number of hydrogen-bond acceptors (Lipinski definition) is 6. The van der Waals surface area contributed by atoms with Crippen molar-refractivity contribution in [2.75, 3.05) is 26.2 Å². The molecule has 1 fully saturated rings. The van der Waals surface area contributed by atoms with Gasteiger partial charge in [0.1, 0.15) is 11.5 Å². The third-order valence-corrected chi connectivity index (χ3v) is 8.36. The molecule has 3 aliphatic rings. The van der Waals surface area contributed by atoms with Gasteiger partial charge in [-0.2, -0.15) is 5.10 Å². The maximum Gasteiger partial charge on any atom is 0.274 e. The number of piperidine rings is 1. The number of amides is 3. The number of nitrogens with one attached hydrogen (secondary N) is 2. The Bertz CT molecular complexity index is 1470. The number of carbonyl (C=O) groups excluding carboxylic acids is 3. The van der Waals surface area contributed by atoms with E-state index in [4.69, 9.17) is 9.47 Å². The molecular weight excluding hydrogens is 534 g/mol. The van der Waals surface area contributed by atoms with Crippen LogP contribution in [0.1, 0.15) is 59.1 Å². The quantitative estimate of drug-likeness (QED) is 0.487. The van der Waals surface area contributed by atoms with Crippen LogP contribution in [0.4, 0.5) is 0 Å². The molecule has 42 heavy (non-hydrogen) atoms. The fourth-order valence-electron chi connectivity index (χ4n) is 6.11. The lowest BCUT2D eigenvalue weighted by molar-refractivity contribution is -0.136. The molecule has 0 spiro atoms. The second-order valence-corrected chi connectivity index (χ2v) is 11.3.